The van der Waals surface area contributed by atoms with Gasteiger partial charge in [-0.2, -0.15) is 0 Å². The van der Waals surface area contributed by atoms with E-state index in [4.69, 9.17) is 0 Å². The second-order valence-corrected chi connectivity index (χ2v) is 4.59. The molecule has 94 valence electrons. The van der Waals surface area contributed by atoms with Gasteiger partial charge in [0.2, 0.25) is 0 Å². The molecule has 0 bridgehead atoms. The molecule has 3 heteroatoms. The van der Waals surface area contributed by atoms with Crippen LogP contribution in [0.1, 0.15) is 28.2 Å². The van der Waals surface area contributed by atoms with Gasteiger partial charge in [0.1, 0.15) is 5.82 Å². The van der Waals surface area contributed by atoms with Crippen molar-refractivity contribution in [1.82, 2.24) is 15.3 Å². The molecule has 0 fully saturated rings. The summed E-state index contributed by atoms with van der Waals surface area (Å²) in [5.74, 6) is 0.881. The van der Waals surface area contributed by atoms with Gasteiger partial charge < -0.3 is 5.32 Å². The van der Waals surface area contributed by atoms with E-state index in [1.165, 1.54) is 16.7 Å². The van der Waals surface area contributed by atoms with Crippen molar-refractivity contribution in [2.75, 3.05) is 7.05 Å². The summed E-state index contributed by atoms with van der Waals surface area (Å²) in [4.78, 5) is 8.87. The van der Waals surface area contributed by atoms with E-state index in [2.05, 4.69) is 47.3 Å². The van der Waals surface area contributed by atoms with Crippen LogP contribution in [0, 0.1) is 13.8 Å². The van der Waals surface area contributed by atoms with Gasteiger partial charge >= 0.3 is 0 Å². The molecular formula is C15H19N3. The largest absolute Gasteiger partial charge is 0.314 e. The van der Waals surface area contributed by atoms with Crippen LogP contribution in [0.3, 0.4) is 0 Å². The van der Waals surface area contributed by atoms with Crippen LogP contribution in [-0.4, -0.2) is 17.0 Å². The van der Waals surface area contributed by atoms with E-state index in [1.807, 2.05) is 19.3 Å². The SMILES string of the molecule is CNCc1ccnc(Cc2ccc(C)c(C)c2)n1. The first-order valence-electron chi connectivity index (χ1n) is 6.20. The van der Waals surface area contributed by atoms with Gasteiger partial charge in [-0.15, -0.1) is 0 Å². The molecule has 1 aromatic heterocycles. The predicted molar refractivity (Wildman–Crippen MR) is 73.5 cm³/mol. The number of nitrogens with zero attached hydrogens (tertiary/aromatic N) is 2. The van der Waals surface area contributed by atoms with Crippen LogP contribution < -0.4 is 5.32 Å². The molecule has 0 atom stereocenters. The van der Waals surface area contributed by atoms with E-state index in [9.17, 15) is 0 Å². The number of nitrogens with one attached hydrogen (secondary N) is 1. The van der Waals surface area contributed by atoms with Crippen molar-refractivity contribution in [2.24, 2.45) is 0 Å². The molecule has 0 aliphatic rings. The first-order chi connectivity index (χ1) is 8.69. The fourth-order valence-electron chi connectivity index (χ4n) is 1.90. The number of aromatic nitrogens is 2. The van der Waals surface area contributed by atoms with Gasteiger partial charge in [-0.25, -0.2) is 9.97 Å². The molecule has 2 rings (SSSR count). The molecule has 0 saturated heterocycles. The fraction of sp³-hybridized carbons (Fsp3) is 0.333. The molecule has 1 aromatic carbocycles. The Kier molecular flexibility index (Phi) is 4.05. The van der Waals surface area contributed by atoms with Crippen molar-refractivity contribution >= 4 is 0 Å². The lowest BCUT2D eigenvalue weighted by atomic mass is 10.0. The Morgan fingerprint density at radius 3 is 2.67 bits per heavy atom. The van der Waals surface area contributed by atoms with E-state index in [-0.39, 0.29) is 0 Å². The number of aryl methyl sites for hydroxylation is 2. The summed E-state index contributed by atoms with van der Waals surface area (Å²) in [7, 11) is 1.92. The van der Waals surface area contributed by atoms with Crippen molar-refractivity contribution in [3.8, 4) is 0 Å². The van der Waals surface area contributed by atoms with Crippen LogP contribution in [0.4, 0.5) is 0 Å². The van der Waals surface area contributed by atoms with E-state index >= 15 is 0 Å². The van der Waals surface area contributed by atoms with Crippen LogP contribution in [0.25, 0.3) is 0 Å². The van der Waals surface area contributed by atoms with Gasteiger partial charge in [0.15, 0.2) is 0 Å². The third-order valence-electron chi connectivity index (χ3n) is 3.05. The molecule has 0 unspecified atom stereocenters. The molecule has 18 heavy (non-hydrogen) atoms. The van der Waals surface area contributed by atoms with Gasteiger partial charge in [-0.05, 0) is 43.7 Å². The quantitative estimate of drug-likeness (QED) is 0.893. The summed E-state index contributed by atoms with van der Waals surface area (Å²) in [6.07, 6.45) is 2.62. The van der Waals surface area contributed by atoms with Gasteiger partial charge in [0, 0.05) is 19.2 Å². The highest BCUT2D eigenvalue weighted by molar-refractivity contribution is 5.31. The van der Waals surface area contributed by atoms with Crippen molar-refractivity contribution in [3.05, 3.63) is 58.7 Å². The van der Waals surface area contributed by atoms with E-state index < -0.39 is 0 Å². The fourth-order valence-corrected chi connectivity index (χ4v) is 1.90. The molecule has 0 aliphatic carbocycles. The zero-order valence-electron chi connectivity index (χ0n) is 11.2. The standard InChI is InChI=1S/C15H19N3/c1-11-4-5-13(8-12(11)2)9-15-17-7-6-14(18-15)10-16-3/h4-8,16H,9-10H2,1-3H3. The Balaban J connectivity index is 2.17. The maximum absolute atomic E-state index is 4.54. The minimum Gasteiger partial charge on any atom is -0.314 e. The zero-order valence-corrected chi connectivity index (χ0v) is 11.2. The van der Waals surface area contributed by atoms with Crippen LogP contribution in [0.2, 0.25) is 0 Å². The maximum atomic E-state index is 4.54. The van der Waals surface area contributed by atoms with Crippen molar-refractivity contribution in [3.63, 3.8) is 0 Å². The highest BCUT2D eigenvalue weighted by atomic mass is 14.9. The zero-order chi connectivity index (χ0) is 13.0. The first-order valence-corrected chi connectivity index (χ1v) is 6.20. The normalized spacial score (nSPS) is 10.6. The van der Waals surface area contributed by atoms with Crippen LogP contribution in [-0.2, 0) is 13.0 Å². The molecule has 1 heterocycles. The molecule has 2 aromatic rings. The Morgan fingerprint density at radius 2 is 1.94 bits per heavy atom. The Hall–Kier alpha value is -1.74. The monoisotopic (exact) mass is 241 g/mol. The third kappa shape index (κ3) is 3.14. The summed E-state index contributed by atoms with van der Waals surface area (Å²) in [5.41, 5.74) is 4.94. The number of rotatable bonds is 4. The lowest BCUT2D eigenvalue weighted by molar-refractivity contribution is 0.772. The summed E-state index contributed by atoms with van der Waals surface area (Å²) >= 11 is 0. The first kappa shape index (κ1) is 12.7. The average molecular weight is 241 g/mol. The Morgan fingerprint density at radius 1 is 1.11 bits per heavy atom. The molecule has 0 aliphatic heterocycles. The maximum Gasteiger partial charge on any atom is 0.132 e. The predicted octanol–water partition coefficient (Wildman–Crippen LogP) is 2.40. The molecular weight excluding hydrogens is 222 g/mol. The molecule has 3 nitrogen and oxygen atoms in total. The highest BCUT2D eigenvalue weighted by Crippen LogP contribution is 2.12. The van der Waals surface area contributed by atoms with Gasteiger partial charge in [-0.3, -0.25) is 0 Å². The minimum absolute atomic E-state index is 0.780. The van der Waals surface area contributed by atoms with E-state index in [0.717, 1.165) is 24.5 Å². The second-order valence-electron chi connectivity index (χ2n) is 4.59. The minimum atomic E-state index is 0.780. The summed E-state index contributed by atoms with van der Waals surface area (Å²) in [6.45, 7) is 5.04. The van der Waals surface area contributed by atoms with Gasteiger partial charge in [0.25, 0.3) is 0 Å². The average Bonchev–Trinajstić information content (AvgIpc) is 2.35. The topological polar surface area (TPSA) is 37.8 Å². The van der Waals surface area contributed by atoms with Gasteiger partial charge in [-0.1, -0.05) is 18.2 Å². The Bertz CT molecular complexity index is 535. The highest BCUT2D eigenvalue weighted by Gasteiger charge is 2.02. The van der Waals surface area contributed by atoms with E-state index in [0.29, 0.717) is 0 Å². The lowest BCUT2D eigenvalue weighted by Gasteiger charge is -2.06. The van der Waals surface area contributed by atoms with Crippen LogP contribution >= 0.6 is 0 Å². The van der Waals surface area contributed by atoms with Crippen molar-refractivity contribution in [1.29, 1.82) is 0 Å². The molecule has 0 radical (unpaired) electrons. The van der Waals surface area contributed by atoms with Crippen molar-refractivity contribution in [2.45, 2.75) is 26.8 Å². The number of hydrogen-bond acceptors (Lipinski definition) is 3. The number of benzene rings is 1. The molecule has 0 saturated carbocycles. The molecule has 0 amide bonds. The Labute approximate surface area is 108 Å². The second kappa shape index (κ2) is 5.74. The van der Waals surface area contributed by atoms with Crippen LogP contribution in [0.5, 0.6) is 0 Å². The van der Waals surface area contributed by atoms with Crippen LogP contribution in [0.15, 0.2) is 30.5 Å². The lowest BCUT2D eigenvalue weighted by Crippen LogP contribution is -2.09. The van der Waals surface area contributed by atoms with E-state index in [1.54, 1.807) is 0 Å². The third-order valence-corrected chi connectivity index (χ3v) is 3.05. The van der Waals surface area contributed by atoms with Gasteiger partial charge in [0.05, 0.1) is 5.69 Å². The molecule has 0 spiro atoms. The molecule has 1 N–H and O–H groups in total. The van der Waals surface area contributed by atoms with Crippen molar-refractivity contribution < 1.29 is 0 Å². The smallest absolute Gasteiger partial charge is 0.132 e. The summed E-state index contributed by atoms with van der Waals surface area (Å²) in [5, 5.41) is 3.10. The number of hydrogen-bond donors (Lipinski definition) is 1. The summed E-state index contributed by atoms with van der Waals surface area (Å²) < 4.78 is 0. The summed E-state index contributed by atoms with van der Waals surface area (Å²) in [6, 6.07) is 8.46.